The second-order valence-electron chi connectivity index (χ2n) is 5.45. The maximum absolute atomic E-state index is 12.9. The molecule has 1 fully saturated rings. The molecule has 1 atom stereocenters. The summed E-state index contributed by atoms with van der Waals surface area (Å²) in [6.07, 6.45) is 0.747. The summed E-state index contributed by atoms with van der Waals surface area (Å²) in [5.74, 6) is -0.197. The molecular weight excluding hydrogens is 229 g/mol. The van der Waals surface area contributed by atoms with Crippen LogP contribution >= 0.6 is 0 Å². The molecule has 1 unspecified atom stereocenters. The molecule has 4 heteroatoms. The molecule has 2 rings (SSSR count). The maximum atomic E-state index is 12.9. The van der Waals surface area contributed by atoms with Gasteiger partial charge in [0.05, 0.1) is 5.66 Å². The predicted molar refractivity (Wildman–Crippen MR) is 71.8 cm³/mol. The van der Waals surface area contributed by atoms with Crippen LogP contribution in [0.4, 0.5) is 4.39 Å². The van der Waals surface area contributed by atoms with Crippen LogP contribution in [0.15, 0.2) is 24.3 Å². The molecular formula is C14H22FN3. The molecule has 0 aromatic heterocycles. The lowest BCUT2D eigenvalue weighted by Gasteiger charge is -2.43. The highest BCUT2D eigenvalue weighted by Crippen LogP contribution is 2.17. The maximum Gasteiger partial charge on any atom is 0.123 e. The first kappa shape index (κ1) is 13.5. The fraction of sp³-hybridized carbons (Fsp3) is 0.571. The smallest absolute Gasteiger partial charge is 0.123 e. The summed E-state index contributed by atoms with van der Waals surface area (Å²) in [7, 11) is 2.13. The van der Waals surface area contributed by atoms with Crippen LogP contribution in [-0.2, 0) is 6.42 Å². The molecule has 18 heavy (non-hydrogen) atoms. The SMILES string of the molecule is CN1CCN(C(C)(N)Cc2ccc(F)cc2)CC1. The predicted octanol–water partition coefficient (Wildman–Crippen LogP) is 1.29. The van der Waals surface area contributed by atoms with Gasteiger partial charge in [-0.25, -0.2) is 4.39 Å². The van der Waals surface area contributed by atoms with Gasteiger partial charge in [-0.2, -0.15) is 0 Å². The van der Waals surface area contributed by atoms with Crippen LogP contribution in [0.3, 0.4) is 0 Å². The molecule has 100 valence electrons. The lowest BCUT2D eigenvalue weighted by Crippen LogP contribution is -2.60. The van der Waals surface area contributed by atoms with E-state index in [4.69, 9.17) is 5.73 Å². The van der Waals surface area contributed by atoms with Crippen molar-refractivity contribution in [2.75, 3.05) is 33.2 Å². The monoisotopic (exact) mass is 251 g/mol. The lowest BCUT2D eigenvalue weighted by molar-refractivity contribution is 0.0546. The molecule has 0 amide bonds. The van der Waals surface area contributed by atoms with Gasteiger partial charge in [-0.3, -0.25) is 4.90 Å². The first-order valence-corrected chi connectivity index (χ1v) is 6.44. The van der Waals surface area contributed by atoms with Gasteiger partial charge in [-0.1, -0.05) is 12.1 Å². The molecule has 1 saturated heterocycles. The Hall–Kier alpha value is -0.970. The van der Waals surface area contributed by atoms with Crippen LogP contribution in [0.25, 0.3) is 0 Å². The standard InChI is InChI=1S/C14H22FN3/c1-14(16,18-9-7-17(2)8-10-18)11-12-3-5-13(15)6-4-12/h3-6H,7-11,16H2,1-2H3. The van der Waals surface area contributed by atoms with Crippen LogP contribution in [0.2, 0.25) is 0 Å². The van der Waals surface area contributed by atoms with Gasteiger partial charge in [0.15, 0.2) is 0 Å². The number of rotatable bonds is 3. The van der Waals surface area contributed by atoms with Gasteiger partial charge < -0.3 is 10.6 Å². The summed E-state index contributed by atoms with van der Waals surface area (Å²) >= 11 is 0. The van der Waals surface area contributed by atoms with Crippen LogP contribution in [0.5, 0.6) is 0 Å². The topological polar surface area (TPSA) is 32.5 Å². The summed E-state index contributed by atoms with van der Waals surface area (Å²) < 4.78 is 12.9. The zero-order valence-corrected chi connectivity index (χ0v) is 11.2. The Morgan fingerprint density at radius 1 is 1.17 bits per heavy atom. The van der Waals surface area contributed by atoms with E-state index in [0.717, 1.165) is 38.2 Å². The van der Waals surface area contributed by atoms with E-state index in [-0.39, 0.29) is 11.5 Å². The van der Waals surface area contributed by atoms with Crippen LogP contribution < -0.4 is 5.73 Å². The van der Waals surface area contributed by atoms with E-state index in [1.807, 2.05) is 12.1 Å². The Morgan fingerprint density at radius 3 is 2.28 bits per heavy atom. The van der Waals surface area contributed by atoms with Gasteiger partial charge in [0.1, 0.15) is 5.82 Å². The average Bonchev–Trinajstić information content (AvgIpc) is 2.32. The minimum atomic E-state index is -0.362. The summed E-state index contributed by atoms with van der Waals surface area (Å²) in [6.45, 7) is 6.14. The van der Waals surface area contributed by atoms with E-state index < -0.39 is 0 Å². The fourth-order valence-corrected chi connectivity index (χ4v) is 2.44. The third-order valence-corrected chi connectivity index (χ3v) is 3.70. The number of hydrogen-bond donors (Lipinski definition) is 1. The fourth-order valence-electron chi connectivity index (χ4n) is 2.44. The van der Waals surface area contributed by atoms with Crippen LogP contribution in [0.1, 0.15) is 12.5 Å². The Balaban J connectivity index is 2.00. The van der Waals surface area contributed by atoms with Crippen molar-refractivity contribution >= 4 is 0 Å². The number of benzene rings is 1. The van der Waals surface area contributed by atoms with Gasteiger partial charge >= 0.3 is 0 Å². The highest BCUT2D eigenvalue weighted by molar-refractivity contribution is 5.18. The Morgan fingerprint density at radius 2 is 1.72 bits per heavy atom. The van der Waals surface area contributed by atoms with Crippen LogP contribution in [0, 0.1) is 5.82 Å². The molecule has 0 bridgehead atoms. The molecule has 2 N–H and O–H groups in total. The Bertz CT molecular complexity index is 381. The van der Waals surface area contributed by atoms with Crippen molar-refractivity contribution in [1.82, 2.24) is 9.80 Å². The molecule has 1 aliphatic rings. The van der Waals surface area contributed by atoms with Crippen molar-refractivity contribution in [3.05, 3.63) is 35.6 Å². The molecule has 0 aliphatic carbocycles. The molecule has 1 aliphatic heterocycles. The first-order chi connectivity index (χ1) is 8.47. The zero-order chi connectivity index (χ0) is 13.2. The largest absolute Gasteiger partial charge is 0.313 e. The number of likely N-dealkylation sites (N-methyl/N-ethyl adjacent to an activating group) is 1. The second-order valence-corrected chi connectivity index (χ2v) is 5.45. The lowest BCUT2D eigenvalue weighted by atomic mass is 9.99. The highest BCUT2D eigenvalue weighted by Gasteiger charge is 2.29. The van der Waals surface area contributed by atoms with E-state index in [1.165, 1.54) is 12.1 Å². The Labute approximate surface area is 108 Å². The zero-order valence-electron chi connectivity index (χ0n) is 11.2. The van der Waals surface area contributed by atoms with Crippen molar-refractivity contribution in [3.63, 3.8) is 0 Å². The van der Waals surface area contributed by atoms with Gasteiger partial charge in [-0.15, -0.1) is 0 Å². The van der Waals surface area contributed by atoms with Crippen molar-refractivity contribution < 1.29 is 4.39 Å². The second kappa shape index (κ2) is 5.34. The average molecular weight is 251 g/mol. The number of nitrogens with zero attached hydrogens (tertiary/aromatic N) is 2. The van der Waals surface area contributed by atoms with Crippen molar-refractivity contribution in [2.24, 2.45) is 5.73 Å². The minimum Gasteiger partial charge on any atom is -0.313 e. The quantitative estimate of drug-likeness (QED) is 0.878. The van der Waals surface area contributed by atoms with E-state index in [0.29, 0.717) is 0 Å². The molecule has 1 heterocycles. The van der Waals surface area contributed by atoms with E-state index in [9.17, 15) is 4.39 Å². The van der Waals surface area contributed by atoms with Crippen molar-refractivity contribution in [3.8, 4) is 0 Å². The molecule has 1 aromatic carbocycles. The van der Waals surface area contributed by atoms with E-state index in [2.05, 4.69) is 23.8 Å². The first-order valence-electron chi connectivity index (χ1n) is 6.44. The molecule has 0 spiro atoms. The van der Waals surface area contributed by atoms with Crippen molar-refractivity contribution in [1.29, 1.82) is 0 Å². The number of nitrogens with two attached hydrogens (primary N) is 1. The third kappa shape index (κ3) is 3.28. The third-order valence-electron chi connectivity index (χ3n) is 3.70. The number of halogens is 1. The van der Waals surface area contributed by atoms with Gasteiger partial charge in [0, 0.05) is 32.6 Å². The van der Waals surface area contributed by atoms with Crippen LogP contribution in [-0.4, -0.2) is 48.7 Å². The van der Waals surface area contributed by atoms with Crippen molar-refractivity contribution in [2.45, 2.75) is 19.0 Å². The highest BCUT2D eigenvalue weighted by atomic mass is 19.1. The normalized spacial score (nSPS) is 21.8. The summed E-state index contributed by atoms with van der Waals surface area (Å²) in [5.41, 5.74) is 7.14. The summed E-state index contributed by atoms with van der Waals surface area (Å²) in [6, 6.07) is 6.62. The summed E-state index contributed by atoms with van der Waals surface area (Å²) in [5, 5.41) is 0. The molecule has 3 nitrogen and oxygen atoms in total. The van der Waals surface area contributed by atoms with Gasteiger partial charge in [0.25, 0.3) is 0 Å². The number of piperazine rings is 1. The Kier molecular flexibility index (Phi) is 4.00. The van der Waals surface area contributed by atoms with E-state index in [1.54, 1.807) is 0 Å². The minimum absolute atomic E-state index is 0.197. The molecule has 0 radical (unpaired) electrons. The van der Waals surface area contributed by atoms with Gasteiger partial charge in [0.2, 0.25) is 0 Å². The molecule has 1 aromatic rings. The number of hydrogen-bond acceptors (Lipinski definition) is 3. The molecule has 0 saturated carbocycles. The van der Waals surface area contributed by atoms with Gasteiger partial charge in [-0.05, 0) is 31.7 Å². The van der Waals surface area contributed by atoms with E-state index >= 15 is 0 Å². The summed E-state index contributed by atoms with van der Waals surface area (Å²) in [4.78, 5) is 4.63.